The number of carbonyl (C=O) groups is 2. The highest BCUT2D eigenvalue weighted by molar-refractivity contribution is 5.74. The minimum absolute atomic E-state index is 0.155. The maximum Gasteiger partial charge on any atom is 0.302 e. The van der Waals surface area contributed by atoms with Gasteiger partial charge in [0.2, 0.25) is 0 Å². The fourth-order valence-corrected chi connectivity index (χ4v) is 1.56. The number of carboxylic acids is 1. The zero-order valence-electron chi connectivity index (χ0n) is 10.1. The first-order valence-electron chi connectivity index (χ1n) is 5.35. The topological polar surface area (TPSA) is 66.4 Å². The molecule has 92 valence electrons. The van der Waals surface area contributed by atoms with Crippen molar-refractivity contribution in [3.63, 3.8) is 0 Å². The monoisotopic (exact) mass is 235 g/mol. The second-order valence-electron chi connectivity index (χ2n) is 4.01. The lowest BCUT2D eigenvalue weighted by atomic mass is 9.95. The maximum absolute atomic E-state index is 10.8. The van der Waals surface area contributed by atoms with E-state index in [1.165, 1.54) is 6.92 Å². The van der Waals surface area contributed by atoms with Crippen LogP contribution in [0.15, 0.2) is 18.2 Å². The van der Waals surface area contributed by atoms with Gasteiger partial charge in [0.1, 0.15) is 6.61 Å². The third kappa shape index (κ3) is 3.59. The van der Waals surface area contributed by atoms with E-state index in [0.717, 1.165) is 11.1 Å². The third-order valence-corrected chi connectivity index (χ3v) is 2.61. The van der Waals surface area contributed by atoms with Crippen LogP contribution in [0.4, 0.5) is 0 Å². The zero-order chi connectivity index (χ0) is 13.0. The van der Waals surface area contributed by atoms with E-state index >= 15 is 0 Å². The lowest BCUT2D eigenvalue weighted by Crippen LogP contribution is -2.28. The molecule has 0 heterocycles. The average Bonchev–Trinajstić information content (AvgIpc) is 2.26. The minimum atomic E-state index is -1.11. The number of aliphatic carboxylic acids is 1. The molecule has 0 N–H and O–H groups in total. The van der Waals surface area contributed by atoms with Crippen LogP contribution in [-0.4, -0.2) is 11.9 Å². The van der Waals surface area contributed by atoms with E-state index in [0.29, 0.717) is 5.56 Å². The summed E-state index contributed by atoms with van der Waals surface area (Å²) in [5.74, 6) is -2.15. The Balaban J connectivity index is 2.94. The van der Waals surface area contributed by atoms with Crippen molar-refractivity contribution in [3.05, 3.63) is 34.9 Å². The standard InChI is InChI=1S/C13H16O4/c1-8-4-5-11(7-17-10(3)14)6-12(8)9(2)13(15)16/h4-6,9H,7H2,1-3H3,(H,15,16)/p-1. The second kappa shape index (κ2) is 5.48. The highest BCUT2D eigenvalue weighted by Crippen LogP contribution is 2.21. The Morgan fingerprint density at radius 1 is 1.41 bits per heavy atom. The van der Waals surface area contributed by atoms with E-state index in [1.54, 1.807) is 13.0 Å². The van der Waals surface area contributed by atoms with Crippen LogP contribution in [0, 0.1) is 6.92 Å². The number of hydrogen-bond donors (Lipinski definition) is 0. The van der Waals surface area contributed by atoms with Gasteiger partial charge in [-0.05, 0) is 23.6 Å². The molecular formula is C13H15O4-. The second-order valence-corrected chi connectivity index (χ2v) is 4.01. The van der Waals surface area contributed by atoms with Gasteiger partial charge in [0.25, 0.3) is 0 Å². The number of ether oxygens (including phenoxy) is 1. The number of aryl methyl sites for hydroxylation is 1. The Bertz CT molecular complexity index is 437. The van der Waals surface area contributed by atoms with Gasteiger partial charge >= 0.3 is 5.97 Å². The largest absolute Gasteiger partial charge is 0.550 e. The van der Waals surface area contributed by atoms with Gasteiger partial charge in [-0.1, -0.05) is 25.1 Å². The smallest absolute Gasteiger partial charge is 0.302 e. The molecule has 0 spiro atoms. The Kier molecular flexibility index (Phi) is 4.26. The number of carboxylic acid groups (broad SMARTS) is 1. The first-order chi connectivity index (χ1) is 7.91. The summed E-state index contributed by atoms with van der Waals surface area (Å²) in [6, 6.07) is 5.36. The van der Waals surface area contributed by atoms with Crippen LogP contribution in [0.3, 0.4) is 0 Å². The maximum atomic E-state index is 10.8. The van der Waals surface area contributed by atoms with E-state index in [-0.39, 0.29) is 12.6 Å². The summed E-state index contributed by atoms with van der Waals surface area (Å²) in [4.78, 5) is 21.5. The summed E-state index contributed by atoms with van der Waals surface area (Å²) < 4.78 is 4.86. The van der Waals surface area contributed by atoms with Gasteiger partial charge < -0.3 is 14.6 Å². The molecule has 1 atom stereocenters. The molecule has 0 saturated heterocycles. The van der Waals surface area contributed by atoms with Crippen molar-refractivity contribution >= 4 is 11.9 Å². The van der Waals surface area contributed by atoms with E-state index in [9.17, 15) is 14.7 Å². The molecule has 1 aromatic carbocycles. The van der Waals surface area contributed by atoms with Crippen LogP contribution in [0.5, 0.6) is 0 Å². The normalized spacial score (nSPS) is 11.9. The number of rotatable bonds is 4. The SMILES string of the molecule is CC(=O)OCc1ccc(C)c(C(C)C(=O)[O-])c1. The fraction of sp³-hybridized carbons (Fsp3) is 0.385. The molecule has 0 aliphatic rings. The van der Waals surface area contributed by atoms with E-state index in [4.69, 9.17) is 4.74 Å². The summed E-state index contributed by atoms with van der Waals surface area (Å²) >= 11 is 0. The molecule has 1 aromatic rings. The quantitative estimate of drug-likeness (QED) is 0.727. The Morgan fingerprint density at radius 3 is 2.59 bits per heavy atom. The van der Waals surface area contributed by atoms with Crippen molar-refractivity contribution in [1.29, 1.82) is 0 Å². The van der Waals surface area contributed by atoms with Crippen LogP contribution in [0.25, 0.3) is 0 Å². The number of carbonyl (C=O) groups excluding carboxylic acids is 2. The highest BCUT2D eigenvalue weighted by Gasteiger charge is 2.10. The van der Waals surface area contributed by atoms with Crippen molar-refractivity contribution in [1.82, 2.24) is 0 Å². The average molecular weight is 235 g/mol. The van der Waals surface area contributed by atoms with Crippen LogP contribution >= 0.6 is 0 Å². The van der Waals surface area contributed by atoms with Crippen LogP contribution < -0.4 is 5.11 Å². The molecule has 0 radical (unpaired) electrons. The summed E-state index contributed by atoms with van der Waals surface area (Å²) in [6.45, 7) is 4.90. The first-order valence-corrected chi connectivity index (χ1v) is 5.35. The molecule has 4 nitrogen and oxygen atoms in total. The van der Waals surface area contributed by atoms with Gasteiger partial charge in [-0.25, -0.2) is 0 Å². The lowest BCUT2D eigenvalue weighted by Gasteiger charge is -2.16. The Morgan fingerprint density at radius 2 is 2.06 bits per heavy atom. The van der Waals surface area contributed by atoms with Gasteiger partial charge in [0.05, 0.1) is 0 Å². The summed E-state index contributed by atoms with van der Waals surface area (Å²) in [5.41, 5.74) is 2.34. The summed E-state index contributed by atoms with van der Waals surface area (Å²) in [6.07, 6.45) is 0. The molecular weight excluding hydrogens is 220 g/mol. The summed E-state index contributed by atoms with van der Waals surface area (Å²) in [7, 11) is 0. The van der Waals surface area contributed by atoms with Crippen molar-refractivity contribution < 1.29 is 19.4 Å². The van der Waals surface area contributed by atoms with Gasteiger partial charge in [-0.3, -0.25) is 4.79 Å². The minimum Gasteiger partial charge on any atom is -0.550 e. The number of hydrogen-bond acceptors (Lipinski definition) is 4. The van der Waals surface area contributed by atoms with Crippen LogP contribution in [-0.2, 0) is 20.9 Å². The van der Waals surface area contributed by atoms with Gasteiger partial charge in [0, 0.05) is 18.8 Å². The predicted octanol–water partition coefficient (Wildman–Crippen LogP) is 0.912. The molecule has 0 aliphatic carbocycles. The third-order valence-electron chi connectivity index (χ3n) is 2.61. The van der Waals surface area contributed by atoms with Gasteiger partial charge in [-0.2, -0.15) is 0 Å². The zero-order valence-corrected chi connectivity index (χ0v) is 10.1. The van der Waals surface area contributed by atoms with Crippen molar-refractivity contribution in [2.45, 2.75) is 33.3 Å². The fourth-order valence-electron chi connectivity index (χ4n) is 1.56. The van der Waals surface area contributed by atoms with Crippen molar-refractivity contribution in [3.8, 4) is 0 Å². The Labute approximate surface area is 100 Å². The molecule has 17 heavy (non-hydrogen) atoms. The Hall–Kier alpha value is -1.84. The van der Waals surface area contributed by atoms with Crippen molar-refractivity contribution in [2.24, 2.45) is 0 Å². The molecule has 0 saturated carbocycles. The molecule has 0 aliphatic heterocycles. The lowest BCUT2D eigenvalue weighted by molar-refractivity contribution is -0.307. The first kappa shape index (κ1) is 13.2. The molecule has 1 rings (SSSR count). The van der Waals surface area contributed by atoms with Crippen LogP contribution in [0.2, 0.25) is 0 Å². The predicted molar refractivity (Wildman–Crippen MR) is 60.1 cm³/mol. The van der Waals surface area contributed by atoms with Crippen molar-refractivity contribution in [2.75, 3.05) is 0 Å². The molecule has 0 bridgehead atoms. The summed E-state index contributed by atoms with van der Waals surface area (Å²) in [5, 5.41) is 10.8. The van der Waals surface area contributed by atoms with E-state index in [1.807, 2.05) is 19.1 Å². The van der Waals surface area contributed by atoms with Crippen LogP contribution in [0.1, 0.15) is 36.5 Å². The molecule has 0 amide bonds. The highest BCUT2D eigenvalue weighted by atomic mass is 16.5. The molecule has 0 fully saturated rings. The van der Waals surface area contributed by atoms with E-state index < -0.39 is 11.9 Å². The van der Waals surface area contributed by atoms with Gasteiger partial charge in [-0.15, -0.1) is 0 Å². The number of esters is 1. The molecule has 4 heteroatoms. The molecule has 0 aromatic heterocycles. The van der Waals surface area contributed by atoms with Gasteiger partial charge in [0.15, 0.2) is 0 Å². The number of benzene rings is 1. The molecule has 1 unspecified atom stereocenters. The van der Waals surface area contributed by atoms with E-state index in [2.05, 4.69) is 0 Å².